The van der Waals surface area contributed by atoms with Crippen LogP contribution in [0.5, 0.6) is 11.5 Å². The topological polar surface area (TPSA) is 82.7 Å². The summed E-state index contributed by atoms with van der Waals surface area (Å²) in [7, 11) is 3.16. The van der Waals surface area contributed by atoms with Gasteiger partial charge in [-0.15, -0.1) is 0 Å². The average Bonchev–Trinajstić information content (AvgIpc) is 3.00. The highest BCUT2D eigenvalue weighted by Crippen LogP contribution is 2.29. The molecule has 0 unspecified atom stereocenters. The molecule has 2 heterocycles. The predicted molar refractivity (Wildman–Crippen MR) is 105 cm³/mol. The van der Waals surface area contributed by atoms with Crippen molar-refractivity contribution in [3.63, 3.8) is 0 Å². The number of methoxy groups -OCH3 is 2. The molecule has 0 atom stereocenters. The number of H-pyrrole nitrogens is 1. The first-order chi connectivity index (χ1) is 13.0. The van der Waals surface area contributed by atoms with Gasteiger partial charge in [-0.05, 0) is 26.0 Å². The van der Waals surface area contributed by atoms with Gasteiger partial charge in [-0.1, -0.05) is 0 Å². The van der Waals surface area contributed by atoms with E-state index in [9.17, 15) is 4.79 Å². The van der Waals surface area contributed by atoms with Crippen molar-refractivity contribution < 1.29 is 14.3 Å². The first-order valence-electron chi connectivity index (χ1n) is 9.02. The van der Waals surface area contributed by atoms with Crippen molar-refractivity contribution in [2.24, 2.45) is 0 Å². The summed E-state index contributed by atoms with van der Waals surface area (Å²) in [5.74, 6) is 1.19. The molecule has 0 spiro atoms. The Morgan fingerprint density at radius 3 is 2.44 bits per heavy atom. The molecular weight excluding hydrogens is 346 g/mol. The number of piperazine rings is 1. The number of aromatic amines is 1. The van der Waals surface area contributed by atoms with E-state index >= 15 is 0 Å². The summed E-state index contributed by atoms with van der Waals surface area (Å²) >= 11 is 0. The third-order valence-corrected chi connectivity index (χ3v) is 4.81. The van der Waals surface area contributed by atoms with Gasteiger partial charge in [-0.2, -0.15) is 5.10 Å². The van der Waals surface area contributed by atoms with Crippen molar-refractivity contribution in [2.45, 2.75) is 13.8 Å². The number of ether oxygens (including phenoxy) is 2. The number of nitrogens with zero attached hydrogens (tertiary/aromatic N) is 3. The van der Waals surface area contributed by atoms with Gasteiger partial charge in [0.05, 0.1) is 37.8 Å². The molecule has 146 valence electrons. The van der Waals surface area contributed by atoms with Gasteiger partial charge in [0.2, 0.25) is 5.91 Å². The van der Waals surface area contributed by atoms with E-state index < -0.39 is 0 Å². The highest BCUT2D eigenvalue weighted by Gasteiger charge is 2.22. The molecule has 1 aromatic carbocycles. The second-order valence-electron chi connectivity index (χ2n) is 6.66. The third kappa shape index (κ3) is 4.33. The lowest BCUT2D eigenvalue weighted by molar-refractivity contribution is -0.117. The Kier molecular flexibility index (Phi) is 5.85. The molecule has 2 N–H and O–H groups in total. The van der Waals surface area contributed by atoms with Crippen molar-refractivity contribution in [1.29, 1.82) is 0 Å². The van der Waals surface area contributed by atoms with Crippen LogP contribution in [0.3, 0.4) is 0 Å². The largest absolute Gasteiger partial charge is 0.493 e. The van der Waals surface area contributed by atoms with E-state index in [-0.39, 0.29) is 5.91 Å². The maximum atomic E-state index is 12.4. The number of carbonyl (C=O) groups is 1. The van der Waals surface area contributed by atoms with Gasteiger partial charge in [0.25, 0.3) is 0 Å². The molecule has 8 heteroatoms. The normalized spacial score (nSPS) is 14.9. The summed E-state index contributed by atoms with van der Waals surface area (Å²) in [4.78, 5) is 16.9. The van der Waals surface area contributed by atoms with E-state index in [1.807, 2.05) is 19.9 Å². The van der Waals surface area contributed by atoms with Crippen LogP contribution in [0.4, 0.5) is 11.4 Å². The number of aromatic nitrogens is 2. The van der Waals surface area contributed by atoms with Crippen LogP contribution in [0.1, 0.15) is 11.4 Å². The molecule has 1 aliphatic heterocycles. The standard InChI is InChI=1S/C19H27N5O3/c1-13-19(14(2)22-21-13)24-9-7-23(8-10-24)12-18(25)20-15-5-6-16(26-3)17(11-15)27-4/h5-6,11H,7-10,12H2,1-4H3,(H,20,25)(H,21,22). The Morgan fingerprint density at radius 2 is 1.85 bits per heavy atom. The molecule has 1 aromatic heterocycles. The molecule has 1 aliphatic rings. The number of rotatable bonds is 6. The number of aryl methyl sites for hydroxylation is 2. The summed E-state index contributed by atoms with van der Waals surface area (Å²) in [6, 6.07) is 5.35. The van der Waals surface area contributed by atoms with Crippen molar-refractivity contribution in [3.05, 3.63) is 29.6 Å². The maximum absolute atomic E-state index is 12.4. The summed E-state index contributed by atoms with van der Waals surface area (Å²) < 4.78 is 10.5. The minimum Gasteiger partial charge on any atom is -0.493 e. The smallest absolute Gasteiger partial charge is 0.238 e. The first kappa shape index (κ1) is 19.0. The monoisotopic (exact) mass is 373 g/mol. The van der Waals surface area contributed by atoms with Crippen molar-refractivity contribution in [2.75, 3.05) is 57.2 Å². The van der Waals surface area contributed by atoms with E-state index in [4.69, 9.17) is 9.47 Å². The fourth-order valence-corrected chi connectivity index (χ4v) is 3.46. The number of carbonyl (C=O) groups excluding carboxylic acids is 1. The van der Waals surface area contributed by atoms with Crippen molar-refractivity contribution >= 4 is 17.3 Å². The molecule has 8 nitrogen and oxygen atoms in total. The summed E-state index contributed by atoms with van der Waals surface area (Å²) in [5.41, 5.74) is 3.99. The van der Waals surface area contributed by atoms with Crippen LogP contribution in [0.2, 0.25) is 0 Å². The van der Waals surface area contributed by atoms with E-state index in [1.165, 1.54) is 5.69 Å². The number of benzene rings is 1. The van der Waals surface area contributed by atoms with Gasteiger partial charge in [0, 0.05) is 37.9 Å². The molecule has 3 rings (SSSR count). The van der Waals surface area contributed by atoms with E-state index in [2.05, 4.69) is 25.3 Å². The van der Waals surface area contributed by atoms with Crippen molar-refractivity contribution in [3.8, 4) is 11.5 Å². The molecule has 27 heavy (non-hydrogen) atoms. The van der Waals surface area contributed by atoms with Gasteiger partial charge in [0.1, 0.15) is 0 Å². The average molecular weight is 373 g/mol. The number of hydrogen-bond acceptors (Lipinski definition) is 6. The number of anilines is 2. The molecule has 2 aromatic rings. The Bertz CT molecular complexity index is 777. The second kappa shape index (κ2) is 8.30. The molecule has 1 fully saturated rings. The van der Waals surface area contributed by atoms with Crippen LogP contribution in [0.15, 0.2) is 18.2 Å². The molecule has 0 bridgehead atoms. The Labute approximate surface area is 159 Å². The second-order valence-corrected chi connectivity index (χ2v) is 6.66. The molecule has 0 saturated carbocycles. The minimum absolute atomic E-state index is 0.0358. The molecule has 1 amide bonds. The van der Waals surface area contributed by atoms with Crippen LogP contribution in [0.25, 0.3) is 0 Å². The van der Waals surface area contributed by atoms with Gasteiger partial charge in [0.15, 0.2) is 11.5 Å². The van der Waals surface area contributed by atoms with Crippen LogP contribution < -0.4 is 19.7 Å². The quantitative estimate of drug-likeness (QED) is 0.804. The van der Waals surface area contributed by atoms with Gasteiger partial charge in [-0.25, -0.2) is 0 Å². The van der Waals surface area contributed by atoms with Crippen LogP contribution in [-0.2, 0) is 4.79 Å². The maximum Gasteiger partial charge on any atom is 0.238 e. The van der Waals surface area contributed by atoms with Crippen LogP contribution in [-0.4, -0.2) is 67.9 Å². The van der Waals surface area contributed by atoms with E-state index in [1.54, 1.807) is 26.4 Å². The van der Waals surface area contributed by atoms with Crippen LogP contribution in [0, 0.1) is 13.8 Å². The Balaban J connectivity index is 1.52. The predicted octanol–water partition coefficient (Wildman–Crippen LogP) is 1.80. The summed E-state index contributed by atoms with van der Waals surface area (Å²) in [6.45, 7) is 7.86. The molecule has 1 saturated heterocycles. The Hall–Kier alpha value is -2.74. The zero-order chi connectivity index (χ0) is 19.4. The van der Waals surface area contributed by atoms with Gasteiger partial charge < -0.3 is 19.7 Å². The summed E-state index contributed by atoms with van der Waals surface area (Å²) in [5, 5.41) is 10.2. The number of nitrogens with one attached hydrogen (secondary N) is 2. The summed E-state index contributed by atoms with van der Waals surface area (Å²) in [6.07, 6.45) is 0. The molecular formula is C19H27N5O3. The number of hydrogen-bond donors (Lipinski definition) is 2. The minimum atomic E-state index is -0.0358. The molecule has 0 aliphatic carbocycles. The third-order valence-electron chi connectivity index (χ3n) is 4.81. The fraction of sp³-hybridized carbons (Fsp3) is 0.474. The fourth-order valence-electron chi connectivity index (χ4n) is 3.46. The highest BCUT2D eigenvalue weighted by molar-refractivity contribution is 5.92. The lowest BCUT2D eigenvalue weighted by Gasteiger charge is -2.35. The zero-order valence-corrected chi connectivity index (χ0v) is 16.3. The van der Waals surface area contributed by atoms with Crippen LogP contribution >= 0.6 is 0 Å². The first-order valence-corrected chi connectivity index (χ1v) is 9.02. The zero-order valence-electron chi connectivity index (χ0n) is 16.3. The van der Waals surface area contributed by atoms with E-state index in [0.717, 1.165) is 37.6 Å². The SMILES string of the molecule is COc1ccc(NC(=O)CN2CCN(c3c(C)n[nH]c3C)CC2)cc1OC. The molecule has 0 radical (unpaired) electrons. The van der Waals surface area contributed by atoms with Gasteiger partial charge >= 0.3 is 0 Å². The Morgan fingerprint density at radius 1 is 1.15 bits per heavy atom. The lowest BCUT2D eigenvalue weighted by atomic mass is 10.2. The number of amides is 1. The lowest BCUT2D eigenvalue weighted by Crippen LogP contribution is -2.49. The van der Waals surface area contributed by atoms with E-state index in [0.29, 0.717) is 23.7 Å². The van der Waals surface area contributed by atoms with Gasteiger partial charge in [-0.3, -0.25) is 14.8 Å². The highest BCUT2D eigenvalue weighted by atomic mass is 16.5. The van der Waals surface area contributed by atoms with Crippen molar-refractivity contribution in [1.82, 2.24) is 15.1 Å².